The first-order chi connectivity index (χ1) is 14.8. The first-order valence-corrected chi connectivity index (χ1v) is 10.3. The fourth-order valence-electron chi connectivity index (χ4n) is 3.12. The van der Waals surface area contributed by atoms with E-state index in [2.05, 4.69) is 5.32 Å². The lowest BCUT2D eigenvalue weighted by atomic mass is 10.1. The molecule has 0 radical (unpaired) electrons. The van der Waals surface area contributed by atoms with E-state index in [0.717, 1.165) is 11.1 Å². The molecule has 0 saturated carbocycles. The number of anilines is 1. The molecular formula is C23H21Cl2N3O3. The summed E-state index contributed by atoms with van der Waals surface area (Å²) in [6.45, 7) is 2.05. The highest BCUT2D eigenvalue weighted by atomic mass is 35.5. The monoisotopic (exact) mass is 457 g/mol. The molecule has 1 aromatic heterocycles. The molecule has 1 N–H and O–H groups in total. The van der Waals surface area contributed by atoms with Crippen molar-refractivity contribution in [3.8, 4) is 0 Å². The van der Waals surface area contributed by atoms with Gasteiger partial charge in [0, 0.05) is 13.2 Å². The van der Waals surface area contributed by atoms with Gasteiger partial charge in [-0.25, -0.2) is 0 Å². The van der Waals surface area contributed by atoms with Crippen LogP contribution in [0.15, 0.2) is 65.6 Å². The molecule has 2 aromatic carbocycles. The fourth-order valence-corrected chi connectivity index (χ4v) is 3.61. The number of amides is 2. The zero-order valence-electron chi connectivity index (χ0n) is 17.1. The number of nitrogens with zero attached hydrogens (tertiary/aromatic N) is 2. The fraction of sp³-hybridized carbons (Fsp3) is 0.174. The van der Waals surface area contributed by atoms with E-state index in [0.29, 0.717) is 6.54 Å². The van der Waals surface area contributed by atoms with E-state index in [1.165, 1.54) is 22.6 Å². The number of benzene rings is 2. The van der Waals surface area contributed by atoms with Gasteiger partial charge in [0.15, 0.2) is 0 Å². The normalized spacial score (nSPS) is 10.6. The lowest BCUT2D eigenvalue weighted by molar-refractivity contribution is -0.116. The number of carbonyl (C=O) groups is 2. The van der Waals surface area contributed by atoms with E-state index in [4.69, 9.17) is 23.2 Å². The van der Waals surface area contributed by atoms with E-state index >= 15 is 0 Å². The van der Waals surface area contributed by atoms with Crippen LogP contribution in [0, 0.1) is 6.92 Å². The lowest BCUT2D eigenvalue weighted by Crippen LogP contribution is -2.38. The summed E-state index contributed by atoms with van der Waals surface area (Å²) >= 11 is 12.1. The van der Waals surface area contributed by atoms with E-state index in [9.17, 15) is 14.4 Å². The van der Waals surface area contributed by atoms with Crippen LogP contribution in [0.3, 0.4) is 0 Å². The maximum Gasteiger partial charge on any atom is 0.263 e. The van der Waals surface area contributed by atoms with Crippen molar-refractivity contribution in [2.45, 2.75) is 13.5 Å². The molecule has 0 aliphatic heterocycles. The van der Waals surface area contributed by atoms with Crippen molar-refractivity contribution in [3.05, 3.63) is 97.9 Å². The number of nitrogens with one attached hydrogen (secondary N) is 1. The second-order valence-electron chi connectivity index (χ2n) is 7.15. The van der Waals surface area contributed by atoms with Gasteiger partial charge in [-0.1, -0.05) is 59.1 Å². The van der Waals surface area contributed by atoms with Crippen molar-refractivity contribution >= 4 is 40.7 Å². The van der Waals surface area contributed by atoms with E-state index in [1.54, 1.807) is 30.5 Å². The van der Waals surface area contributed by atoms with Gasteiger partial charge in [0.25, 0.3) is 11.5 Å². The summed E-state index contributed by atoms with van der Waals surface area (Å²) in [5.41, 5.74) is 1.88. The van der Waals surface area contributed by atoms with Crippen LogP contribution in [0.1, 0.15) is 21.5 Å². The van der Waals surface area contributed by atoms with Gasteiger partial charge in [-0.05, 0) is 36.8 Å². The second kappa shape index (κ2) is 9.81. The molecule has 160 valence electrons. The largest absolute Gasteiger partial charge is 0.332 e. The van der Waals surface area contributed by atoms with E-state index < -0.39 is 17.4 Å². The molecule has 0 spiro atoms. The number of carbonyl (C=O) groups excluding carboxylic acids is 2. The molecule has 2 amide bonds. The summed E-state index contributed by atoms with van der Waals surface area (Å²) in [5.74, 6) is -1.04. The lowest BCUT2D eigenvalue weighted by Gasteiger charge is -2.18. The number of pyridine rings is 1. The van der Waals surface area contributed by atoms with Crippen molar-refractivity contribution in [3.63, 3.8) is 0 Å². The average molecular weight is 458 g/mol. The molecule has 0 unspecified atom stereocenters. The van der Waals surface area contributed by atoms with Crippen molar-refractivity contribution < 1.29 is 9.59 Å². The summed E-state index contributed by atoms with van der Waals surface area (Å²) in [7, 11) is 1.45. The zero-order chi connectivity index (χ0) is 22.5. The van der Waals surface area contributed by atoms with Gasteiger partial charge in [-0.2, -0.15) is 0 Å². The highest BCUT2D eigenvalue weighted by Gasteiger charge is 2.20. The van der Waals surface area contributed by atoms with Crippen molar-refractivity contribution in [1.29, 1.82) is 0 Å². The second-order valence-corrected chi connectivity index (χ2v) is 7.96. The smallest absolute Gasteiger partial charge is 0.263 e. The van der Waals surface area contributed by atoms with Crippen molar-refractivity contribution in [2.75, 3.05) is 18.9 Å². The molecule has 0 saturated heterocycles. The Hall–Kier alpha value is -3.09. The predicted octanol–water partition coefficient (Wildman–Crippen LogP) is 4.22. The number of rotatable bonds is 6. The predicted molar refractivity (Wildman–Crippen MR) is 123 cm³/mol. The number of likely N-dealkylation sites (N-methyl/N-ethyl adjacent to an activating group) is 1. The molecule has 8 heteroatoms. The van der Waals surface area contributed by atoms with Crippen molar-refractivity contribution in [1.82, 2.24) is 9.47 Å². The molecule has 0 aliphatic carbocycles. The Kier molecular flexibility index (Phi) is 7.15. The van der Waals surface area contributed by atoms with Gasteiger partial charge >= 0.3 is 0 Å². The molecule has 3 rings (SSSR count). The summed E-state index contributed by atoms with van der Waals surface area (Å²) in [5, 5.41) is 3.18. The van der Waals surface area contributed by atoms with E-state index in [-0.39, 0.29) is 27.8 Å². The third-order valence-corrected chi connectivity index (χ3v) is 5.27. The first-order valence-electron chi connectivity index (χ1n) is 9.50. The Balaban J connectivity index is 1.73. The SMILES string of the molecule is Cc1cccc(Cn2cccc(C(=O)N(C)CC(=O)Nc3c(Cl)cccc3Cl)c2=O)c1. The van der Waals surface area contributed by atoms with Gasteiger partial charge in [0.2, 0.25) is 5.91 Å². The average Bonchev–Trinajstić information content (AvgIpc) is 2.72. The molecule has 31 heavy (non-hydrogen) atoms. The Morgan fingerprint density at radius 2 is 1.71 bits per heavy atom. The number of hydrogen-bond acceptors (Lipinski definition) is 3. The van der Waals surface area contributed by atoms with Crippen LogP contribution in [0.5, 0.6) is 0 Å². The number of hydrogen-bond donors (Lipinski definition) is 1. The number of para-hydroxylation sites is 1. The molecule has 1 heterocycles. The minimum absolute atomic E-state index is 0.0128. The topological polar surface area (TPSA) is 71.4 Å². The first kappa shape index (κ1) is 22.6. The third kappa shape index (κ3) is 5.54. The van der Waals surface area contributed by atoms with Gasteiger partial charge in [0.1, 0.15) is 5.56 Å². The maximum absolute atomic E-state index is 12.9. The highest BCUT2D eigenvalue weighted by Crippen LogP contribution is 2.29. The van der Waals surface area contributed by atoms with Crippen molar-refractivity contribution in [2.24, 2.45) is 0 Å². The number of aromatic nitrogens is 1. The minimum atomic E-state index is -0.552. The van der Waals surface area contributed by atoms with Crippen LogP contribution in [-0.4, -0.2) is 34.9 Å². The molecule has 3 aromatic rings. The summed E-state index contributed by atoms with van der Waals surface area (Å²) in [6.07, 6.45) is 1.63. The highest BCUT2D eigenvalue weighted by molar-refractivity contribution is 6.39. The van der Waals surface area contributed by atoms with Gasteiger partial charge in [-0.3, -0.25) is 14.4 Å². The molecule has 6 nitrogen and oxygen atoms in total. The molecule has 0 atom stereocenters. The Labute approximate surface area is 190 Å². The maximum atomic E-state index is 12.9. The molecule has 0 aliphatic rings. The van der Waals surface area contributed by atoms with Crippen LogP contribution in [0.4, 0.5) is 5.69 Å². The van der Waals surface area contributed by atoms with Crippen LogP contribution in [0.25, 0.3) is 0 Å². The Morgan fingerprint density at radius 1 is 1.03 bits per heavy atom. The number of aryl methyl sites for hydroxylation is 1. The van der Waals surface area contributed by atoms with Gasteiger partial charge < -0.3 is 14.8 Å². The van der Waals surface area contributed by atoms with Crippen LogP contribution in [0.2, 0.25) is 10.0 Å². The standard InChI is InChI=1S/C23H21Cl2N3O3/c1-15-6-3-7-16(12-15)13-28-11-5-8-17(23(28)31)22(30)27(2)14-20(29)26-21-18(24)9-4-10-19(21)25/h3-12H,13-14H2,1-2H3,(H,26,29). The van der Waals surface area contributed by atoms with Crippen LogP contribution in [-0.2, 0) is 11.3 Å². The summed E-state index contributed by atoms with van der Waals surface area (Å²) in [4.78, 5) is 39.2. The van der Waals surface area contributed by atoms with Crippen LogP contribution >= 0.6 is 23.2 Å². The molecular weight excluding hydrogens is 437 g/mol. The van der Waals surface area contributed by atoms with E-state index in [1.807, 2.05) is 31.2 Å². The molecule has 0 fully saturated rings. The van der Waals surface area contributed by atoms with Gasteiger partial charge in [0.05, 0.1) is 28.8 Å². The summed E-state index contributed by atoms with van der Waals surface area (Å²) < 4.78 is 1.47. The van der Waals surface area contributed by atoms with Crippen LogP contribution < -0.4 is 10.9 Å². The number of halogens is 2. The quantitative estimate of drug-likeness (QED) is 0.601. The minimum Gasteiger partial charge on any atom is -0.332 e. The zero-order valence-corrected chi connectivity index (χ0v) is 18.6. The third-order valence-electron chi connectivity index (χ3n) is 4.64. The summed E-state index contributed by atoms with van der Waals surface area (Å²) in [6, 6.07) is 15.7. The molecule has 0 bridgehead atoms. The Morgan fingerprint density at radius 3 is 2.39 bits per heavy atom. The van der Waals surface area contributed by atoms with Gasteiger partial charge in [-0.15, -0.1) is 0 Å². The Bertz CT molecular complexity index is 1170.